The molecular weight excluding hydrogens is 364 g/mol. The number of hydrogen-bond donors (Lipinski definition) is 0. The third kappa shape index (κ3) is 2.52. The van der Waals surface area contributed by atoms with Crippen LogP contribution in [-0.4, -0.2) is 31.2 Å². The van der Waals surface area contributed by atoms with Gasteiger partial charge in [-0.25, -0.2) is 14.5 Å². The van der Waals surface area contributed by atoms with Crippen LogP contribution in [0, 0.1) is 0 Å². The molecule has 1 aliphatic heterocycles. The zero-order valence-electron chi connectivity index (χ0n) is 14.7. The van der Waals surface area contributed by atoms with Crippen molar-refractivity contribution in [1.29, 1.82) is 0 Å². The minimum Gasteiger partial charge on any atom is -0.545 e. The van der Waals surface area contributed by atoms with Gasteiger partial charge in [0.1, 0.15) is 11.2 Å². The normalized spacial score (nSPS) is 15.9. The third-order valence-electron chi connectivity index (χ3n) is 4.80. The summed E-state index contributed by atoms with van der Waals surface area (Å²) >= 11 is 1.61. The molecule has 1 aromatic carbocycles. The Morgan fingerprint density at radius 2 is 2.15 bits per heavy atom. The molecule has 27 heavy (non-hydrogen) atoms. The summed E-state index contributed by atoms with van der Waals surface area (Å²) in [5.74, 6) is -0.907. The Bertz CT molecular complexity index is 1220. The molecule has 0 unspecified atom stereocenters. The standard InChI is InChI=1S/C19H16N4O3S/c1-19(2)7-12-13(8-26-19)27-17-14(12)16-21-15(22-23(16)9-20-17)10-5-3-4-6-11(10)18(24)25/h3-6,9H,7-8H2,1-2H3,(H,24,25)/p-1. The second-order valence-corrected chi connectivity index (χ2v) is 8.27. The van der Waals surface area contributed by atoms with E-state index in [1.165, 1.54) is 11.6 Å². The monoisotopic (exact) mass is 379 g/mol. The minimum atomic E-state index is -1.25. The highest BCUT2D eigenvalue weighted by molar-refractivity contribution is 7.19. The summed E-state index contributed by atoms with van der Waals surface area (Å²) in [5.41, 5.74) is 2.12. The van der Waals surface area contributed by atoms with Crippen molar-refractivity contribution in [3.8, 4) is 11.4 Å². The van der Waals surface area contributed by atoms with Crippen LogP contribution in [0.4, 0.5) is 0 Å². The number of ether oxygens (including phenoxy) is 1. The fourth-order valence-electron chi connectivity index (χ4n) is 3.51. The van der Waals surface area contributed by atoms with Crippen LogP contribution in [0.5, 0.6) is 0 Å². The fourth-order valence-corrected chi connectivity index (χ4v) is 4.58. The lowest BCUT2D eigenvalue weighted by atomic mass is 9.94. The van der Waals surface area contributed by atoms with Crippen molar-refractivity contribution in [2.75, 3.05) is 0 Å². The van der Waals surface area contributed by atoms with E-state index >= 15 is 0 Å². The number of carboxylic acids is 1. The van der Waals surface area contributed by atoms with Crippen molar-refractivity contribution in [2.45, 2.75) is 32.5 Å². The number of rotatable bonds is 2. The molecule has 0 fully saturated rings. The van der Waals surface area contributed by atoms with E-state index in [2.05, 4.69) is 28.9 Å². The Balaban J connectivity index is 1.77. The molecule has 0 saturated heterocycles. The van der Waals surface area contributed by atoms with Crippen LogP contribution >= 0.6 is 11.3 Å². The summed E-state index contributed by atoms with van der Waals surface area (Å²) in [4.78, 5) is 22.7. The highest BCUT2D eigenvalue weighted by atomic mass is 32.1. The number of aromatic carboxylic acids is 1. The first-order valence-electron chi connectivity index (χ1n) is 8.53. The molecule has 3 aromatic heterocycles. The van der Waals surface area contributed by atoms with Crippen LogP contribution < -0.4 is 5.11 Å². The maximum absolute atomic E-state index is 11.4. The average molecular weight is 379 g/mol. The first-order chi connectivity index (χ1) is 12.9. The first kappa shape index (κ1) is 16.3. The molecule has 0 aliphatic carbocycles. The van der Waals surface area contributed by atoms with Gasteiger partial charge >= 0.3 is 0 Å². The second-order valence-electron chi connectivity index (χ2n) is 7.19. The van der Waals surface area contributed by atoms with Gasteiger partial charge in [-0.15, -0.1) is 16.4 Å². The van der Waals surface area contributed by atoms with Crippen LogP contribution in [0.15, 0.2) is 30.6 Å². The van der Waals surface area contributed by atoms with E-state index in [1.807, 2.05) is 0 Å². The maximum atomic E-state index is 11.4. The molecule has 0 spiro atoms. The van der Waals surface area contributed by atoms with Crippen molar-refractivity contribution < 1.29 is 14.6 Å². The molecule has 4 aromatic rings. The lowest BCUT2D eigenvalue weighted by Crippen LogP contribution is -2.31. The predicted molar refractivity (Wildman–Crippen MR) is 98.5 cm³/mol. The van der Waals surface area contributed by atoms with Gasteiger partial charge in [-0.2, -0.15) is 0 Å². The Hall–Kier alpha value is -2.84. The summed E-state index contributed by atoms with van der Waals surface area (Å²) in [7, 11) is 0. The van der Waals surface area contributed by atoms with E-state index in [1.54, 1.807) is 40.4 Å². The van der Waals surface area contributed by atoms with Gasteiger partial charge in [0.25, 0.3) is 0 Å². The highest BCUT2D eigenvalue weighted by Crippen LogP contribution is 2.39. The van der Waals surface area contributed by atoms with Crippen LogP contribution in [0.2, 0.25) is 0 Å². The maximum Gasteiger partial charge on any atom is 0.182 e. The average Bonchev–Trinajstić information content (AvgIpc) is 3.21. The Morgan fingerprint density at radius 1 is 1.33 bits per heavy atom. The highest BCUT2D eigenvalue weighted by Gasteiger charge is 2.30. The van der Waals surface area contributed by atoms with Crippen LogP contribution in [0.1, 0.15) is 34.6 Å². The van der Waals surface area contributed by atoms with Gasteiger partial charge in [0.05, 0.1) is 23.6 Å². The van der Waals surface area contributed by atoms with Crippen LogP contribution in [0.25, 0.3) is 27.3 Å². The summed E-state index contributed by atoms with van der Waals surface area (Å²) in [5, 5.41) is 16.9. The zero-order chi connectivity index (χ0) is 18.8. The Morgan fingerprint density at radius 3 is 2.96 bits per heavy atom. The number of nitrogens with zero attached hydrogens (tertiary/aromatic N) is 4. The molecule has 0 saturated carbocycles. The molecule has 7 nitrogen and oxygen atoms in total. The largest absolute Gasteiger partial charge is 0.545 e. The predicted octanol–water partition coefficient (Wildman–Crippen LogP) is 2.22. The van der Waals surface area contributed by atoms with Gasteiger partial charge in [0, 0.05) is 22.4 Å². The van der Waals surface area contributed by atoms with E-state index < -0.39 is 5.97 Å². The molecular formula is C19H15N4O3S-. The third-order valence-corrected chi connectivity index (χ3v) is 5.91. The summed E-state index contributed by atoms with van der Waals surface area (Å²) < 4.78 is 7.53. The fraction of sp³-hybridized carbons (Fsp3) is 0.263. The number of aromatic nitrogens is 4. The molecule has 0 N–H and O–H groups in total. The summed E-state index contributed by atoms with van der Waals surface area (Å²) in [6, 6.07) is 6.59. The molecule has 4 heterocycles. The summed E-state index contributed by atoms with van der Waals surface area (Å²) in [6.45, 7) is 4.70. The van der Waals surface area contributed by atoms with E-state index in [0.29, 0.717) is 23.6 Å². The van der Waals surface area contributed by atoms with Gasteiger partial charge in [-0.1, -0.05) is 24.3 Å². The summed E-state index contributed by atoms with van der Waals surface area (Å²) in [6.07, 6.45) is 2.38. The van der Waals surface area contributed by atoms with Gasteiger partial charge < -0.3 is 14.6 Å². The molecule has 0 amide bonds. The van der Waals surface area contributed by atoms with Crippen molar-refractivity contribution in [3.05, 3.63) is 46.6 Å². The Labute approximate surface area is 158 Å². The Kier molecular flexibility index (Phi) is 3.38. The number of carboxylic acid groups (broad SMARTS) is 1. The number of carbonyl (C=O) groups is 1. The molecule has 136 valence electrons. The molecule has 8 heteroatoms. The lowest BCUT2D eigenvalue weighted by molar-refractivity contribution is -0.254. The topological polar surface area (TPSA) is 92.4 Å². The lowest BCUT2D eigenvalue weighted by Gasteiger charge is -2.30. The van der Waals surface area contributed by atoms with Crippen LogP contribution in [0.3, 0.4) is 0 Å². The van der Waals surface area contributed by atoms with Crippen LogP contribution in [-0.2, 0) is 17.8 Å². The van der Waals surface area contributed by atoms with E-state index in [0.717, 1.165) is 21.5 Å². The van der Waals surface area contributed by atoms with Gasteiger partial charge in [-0.3, -0.25) is 0 Å². The van der Waals surface area contributed by atoms with Crippen molar-refractivity contribution in [3.63, 3.8) is 0 Å². The molecule has 0 radical (unpaired) electrons. The van der Waals surface area contributed by atoms with Gasteiger partial charge in [0.15, 0.2) is 11.5 Å². The second kappa shape index (κ2) is 5.58. The van der Waals surface area contributed by atoms with E-state index in [4.69, 9.17) is 4.74 Å². The number of fused-ring (bicyclic) bond motifs is 5. The smallest absolute Gasteiger partial charge is 0.182 e. The van der Waals surface area contributed by atoms with Gasteiger partial charge in [-0.05, 0) is 19.4 Å². The zero-order valence-corrected chi connectivity index (χ0v) is 15.5. The molecule has 0 bridgehead atoms. The molecule has 0 atom stereocenters. The number of benzene rings is 1. The van der Waals surface area contributed by atoms with Crippen molar-refractivity contribution in [1.82, 2.24) is 19.6 Å². The minimum absolute atomic E-state index is 0.0690. The van der Waals surface area contributed by atoms with Crippen molar-refractivity contribution >= 4 is 33.2 Å². The van der Waals surface area contributed by atoms with E-state index in [-0.39, 0.29) is 11.2 Å². The first-order valence-corrected chi connectivity index (χ1v) is 9.35. The SMILES string of the molecule is CC1(C)Cc2c(sc3ncn4nc(-c5ccccc5C(=O)[O-])nc4c23)CO1. The molecule has 1 aliphatic rings. The quantitative estimate of drug-likeness (QED) is 0.530. The van der Waals surface area contributed by atoms with Gasteiger partial charge in [0.2, 0.25) is 0 Å². The van der Waals surface area contributed by atoms with Crippen molar-refractivity contribution in [2.24, 2.45) is 0 Å². The number of carbonyl (C=O) groups excluding carboxylic acids is 1. The number of hydrogen-bond acceptors (Lipinski definition) is 7. The van der Waals surface area contributed by atoms with E-state index in [9.17, 15) is 9.90 Å². The molecule has 5 rings (SSSR count). The number of thiophene rings is 1.